The number of hydrogen-bond acceptors (Lipinski definition) is 4. The molecular formula is C28H57N3O2. The maximum absolute atomic E-state index is 12.7. The average molecular weight is 468 g/mol. The monoisotopic (exact) mass is 467 g/mol. The van der Waals surface area contributed by atoms with Crippen LogP contribution in [0.4, 0.5) is 0 Å². The van der Waals surface area contributed by atoms with Gasteiger partial charge in [-0.2, -0.15) is 0 Å². The first-order valence-corrected chi connectivity index (χ1v) is 14.2. The van der Waals surface area contributed by atoms with E-state index in [1.165, 1.54) is 83.5 Å². The van der Waals surface area contributed by atoms with Gasteiger partial charge in [0.2, 0.25) is 5.91 Å². The van der Waals surface area contributed by atoms with E-state index in [0.29, 0.717) is 19.4 Å². The standard InChI is InChI=1S/C28H57N3O2/c1-4-5-6-7-8-9-10-11-12-13-14-15-16-17-18-22-26(32)25(21-19-20-23-29)31-28(33)27(30)24(2)3/h24-25,27H,4-23,29-30H2,1-3H3,(H,31,33). The van der Waals surface area contributed by atoms with Crippen LogP contribution in [-0.2, 0) is 9.59 Å². The van der Waals surface area contributed by atoms with Gasteiger partial charge < -0.3 is 16.8 Å². The number of unbranched alkanes of at least 4 members (excludes halogenated alkanes) is 15. The Hall–Kier alpha value is -0.940. The molecule has 2 atom stereocenters. The first-order chi connectivity index (χ1) is 15.9. The van der Waals surface area contributed by atoms with Gasteiger partial charge in [0.15, 0.2) is 5.78 Å². The number of rotatable bonds is 24. The summed E-state index contributed by atoms with van der Waals surface area (Å²) in [6.45, 7) is 6.73. The summed E-state index contributed by atoms with van der Waals surface area (Å²) < 4.78 is 0. The zero-order valence-corrected chi connectivity index (χ0v) is 22.3. The summed E-state index contributed by atoms with van der Waals surface area (Å²) in [5.74, 6) is -0.0149. The van der Waals surface area contributed by atoms with E-state index in [1.807, 2.05) is 13.8 Å². The summed E-state index contributed by atoms with van der Waals surface area (Å²) in [7, 11) is 0. The molecule has 5 N–H and O–H groups in total. The van der Waals surface area contributed by atoms with E-state index in [9.17, 15) is 9.59 Å². The van der Waals surface area contributed by atoms with Crippen molar-refractivity contribution in [1.29, 1.82) is 0 Å². The highest BCUT2D eigenvalue weighted by atomic mass is 16.2. The Kier molecular flexibility index (Phi) is 22.2. The first-order valence-electron chi connectivity index (χ1n) is 14.2. The van der Waals surface area contributed by atoms with Crippen LogP contribution in [0.3, 0.4) is 0 Å². The molecule has 0 saturated heterocycles. The van der Waals surface area contributed by atoms with Crippen LogP contribution >= 0.6 is 0 Å². The molecule has 0 aromatic heterocycles. The first kappa shape index (κ1) is 32.1. The molecular weight excluding hydrogens is 410 g/mol. The number of carbonyl (C=O) groups is 2. The van der Waals surface area contributed by atoms with Crippen molar-refractivity contribution in [1.82, 2.24) is 5.32 Å². The molecule has 0 fully saturated rings. The summed E-state index contributed by atoms with van der Waals surface area (Å²) in [6.07, 6.45) is 22.6. The molecule has 0 radical (unpaired) electrons. The van der Waals surface area contributed by atoms with Crippen LogP contribution in [0, 0.1) is 5.92 Å². The summed E-state index contributed by atoms with van der Waals surface area (Å²) in [5, 5.41) is 2.90. The number of amides is 1. The Balaban J connectivity index is 3.85. The van der Waals surface area contributed by atoms with E-state index in [2.05, 4.69) is 12.2 Å². The predicted octanol–water partition coefficient (Wildman–Crippen LogP) is 6.41. The van der Waals surface area contributed by atoms with Crippen molar-refractivity contribution in [2.24, 2.45) is 17.4 Å². The number of ketones is 1. The van der Waals surface area contributed by atoms with Crippen LogP contribution in [0.25, 0.3) is 0 Å². The van der Waals surface area contributed by atoms with Gasteiger partial charge in [0.25, 0.3) is 0 Å². The second kappa shape index (κ2) is 22.8. The fraction of sp³-hybridized carbons (Fsp3) is 0.929. The maximum Gasteiger partial charge on any atom is 0.237 e. The third kappa shape index (κ3) is 19.1. The highest BCUT2D eigenvalue weighted by Gasteiger charge is 2.24. The van der Waals surface area contributed by atoms with Crippen molar-refractivity contribution < 1.29 is 9.59 Å². The molecule has 0 heterocycles. The highest BCUT2D eigenvalue weighted by molar-refractivity contribution is 5.90. The van der Waals surface area contributed by atoms with Gasteiger partial charge in [0.1, 0.15) is 0 Å². The number of hydrogen-bond donors (Lipinski definition) is 3. The van der Waals surface area contributed by atoms with Crippen molar-refractivity contribution in [3.05, 3.63) is 0 Å². The van der Waals surface area contributed by atoms with Crippen LogP contribution < -0.4 is 16.8 Å². The largest absolute Gasteiger partial charge is 0.345 e. The second-order valence-electron chi connectivity index (χ2n) is 10.3. The van der Waals surface area contributed by atoms with Gasteiger partial charge in [-0.25, -0.2) is 0 Å². The van der Waals surface area contributed by atoms with Crippen molar-refractivity contribution >= 4 is 11.7 Å². The van der Waals surface area contributed by atoms with Crippen LogP contribution in [0.5, 0.6) is 0 Å². The minimum atomic E-state index is -0.569. The summed E-state index contributed by atoms with van der Waals surface area (Å²) in [6, 6.07) is -0.985. The number of nitrogens with two attached hydrogens (primary N) is 2. The Morgan fingerprint density at radius 2 is 1.15 bits per heavy atom. The van der Waals surface area contributed by atoms with Gasteiger partial charge in [-0.1, -0.05) is 111 Å². The lowest BCUT2D eigenvalue weighted by atomic mass is 9.98. The van der Waals surface area contributed by atoms with Gasteiger partial charge in [0.05, 0.1) is 12.1 Å². The number of Topliss-reactive ketones (excluding diaryl/α,β-unsaturated/α-hetero) is 1. The quantitative estimate of drug-likeness (QED) is 0.143. The molecule has 5 heteroatoms. The van der Waals surface area contributed by atoms with Gasteiger partial charge in [-0.05, 0) is 38.1 Å². The van der Waals surface area contributed by atoms with Crippen LogP contribution in [0.1, 0.15) is 143 Å². The van der Waals surface area contributed by atoms with Gasteiger partial charge >= 0.3 is 0 Å². The Labute approximate surface area is 205 Å². The molecule has 0 spiro atoms. The van der Waals surface area contributed by atoms with E-state index in [-0.39, 0.29) is 17.6 Å². The smallest absolute Gasteiger partial charge is 0.237 e. The summed E-state index contributed by atoms with van der Waals surface area (Å²) in [5.41, 5.74) is 11.5. The summed E-state index contributed by atoms with van der Waals surface area (Å²) >= 11 is 0. The predicted molar refractivity (Wildman–Crippen MR) is 142 cm³/mol. The van der Waals surface area contributed by atoms with Crippen LogP contribution in [-0.4, -0.2) is 30.3 Å². The molecule has 196 valence electrons. The molecule has 0 bridgehead atoms. The van der Waals surface area contributed by atoms with E-state index in [1.54, 1.807) is 0 Å². The number of carbonyl (C=O) groups excluding carboxylic acids is 2. The molecule has 0 aliphatic heterocycles. The summed E-state index contributed by atoms with van der Waals surface area (Å²) in [4.78, 5) is 25.0. The zero-order chi connectivity index (χ0) is 24.7. The minimum absolute atomic E-state index is 0.0559. The van der Waals surface area contributed by atoms with Crippen LogP contribution in [0.2, 0.25) is 0 Å². The Morgan fingerprint density at radius 3 is 1.58 bits per heavy atom. The normalized spacial score (nSPS) is 13.3. The SMILES string of the molecule is CCCCCCCCCCCCCCCCCC(=O)C(CCCCN)NC(=O)C(N)C(C)C. The van der Waals surface area contributed by atoms with E-state index in [4.69, 9.17) is 11.5 Å². The number of nitrogens with one attached hydrogen (secondary N) is 1. The molecule has 0 aromatic carbocycles. The van der Waals surface area contributed by atoms with Gasteiger partial charge in [-0.15, -0.1) is 0 Å². The molecule has 0 saturated carbocycles. The van der Waals surface area contributed by atoms with Crippen molar-refractivity contribution in [2.45, 2.75) is 155 Å². The van der Waals surface area contributed by atoms with Crippen molar-refractivity contribution in [3.63, 3.8) is 0 Å². The van der Waals surface area contributed by atoms with Crippen molar-refractivity contribution in [2.75, 3.05) is 6.54 Å². The molecule has 33 heavy (non-hydrogen) atoms. The van der Waals surface area contributed by atoms with Gasteiger partial charge in [-0.3, -0.25) is 9.59 Å². The molecule has 0 aromatic rings. The molecule has 0 rings (SSSR count). The fourth-order valence-electron chi connectivity index (χ4n) is 4.22. The highest BCUT2D eigenvalue weighted by Crippen LogP contribution is 2.14. The Bertz CT molecular complexity index is 468. The molecule has 2 unspecified atom stereocenters. The third-order valence-corrected chi connectivity index (χ3v) is 6.70. The van der Waals surface area contributed by atoms with Gasteiger partial charge in [0, 0.05) is 6.42 Å². The Morgan fingerprint density at radius 1 is 0.697 bits per heavy atom. The lowest BCUT2D eigenvalue weighted by Gasteiger charge is -2.22. The molecule has 5 nitrogen and oxygen atoms in total. The van der Waals surface area contributed by atoms with Crippen LogP contribution in [0.15, 0.2) is 0 Å². The van der Waals surface area contributed by atoms with E-state index < -0.39 is 12.1 Å². The second-order valence-corrected chi connectivity index (χ2v) is 10.3. The lowest BCUT2D eigenvalue weighted by molar-refractivity contribution is -0.129. The molecule has 0 aliphatic rings. The lowest BCUT2D eigenvalue weighted by Crippen LogP contribution is -2.50. The fourth-order valence-corrected chi connectivity index (χ4v) is 4.22. The maximum atomic E-state index is 12.7. The zero-order valence-electron chi connectivity index (χ0n) is 22.3. The van der Waals surface area contributed by atoms with Crippen molar-refractivity contribution in [3.8, 4) is 0 Å². The molecule has 0 aliphatic carbocycles. The van der Waals surface area contributed by atoms with E-state index >= 15 is 0 Å². The third-order valence-electron chi connectivity index (χ3n) is 6.70. The minimum Gasteiger partial charge on any atom is -0.345 e. The topological polar surface area (TPSA) is 98.2 Å². The average Bonchev–Trinajstić information content (AvgIpc) is 2.80. The molecule has 1 amide bonds. The van der Waals surface area contributed by atoms with E-state index in [0.717, 1.165) is 25.7 Å².